The molecule has 1 aliphatic rings. The third kappa shape index (κ3) is 4.71. The molecule has 6 nitrogen and oxygen atoms in total. The average Bonchev–Trinajstić information content (AvgIpc) is 3.19. The molecular formula is C30H21ClFNO5. The minimum absolute atomic E-state index is 0.141. The largest absolute Gasteiger partial charge is 0.507 e. The van der Waals surface area contributed by atoms with Gasteiger partial charge in [0.05, 0.1) is 23.7 Å². The van der Waals surface area contributed by atoms with Gasteiger partial charge >= 0.3 is 0 Å². The summed E-state index contributed by atoms with van der Waals surface area (Å²) in [5, 5.41) is 11.6. The van der Waals surface area contributed by atoms with Gasteiger partial charge in [-0.05, 0) is 72.3 Å². The van der Waals surface area contributed by atoms with Gasteiger partial charge in [0.15, 0.2) is 0 Å². The van der Waals surface area contributed by atoms with Crippen LogP contribution in [0.4, 0.5) is 10.1 Å². The number of aliphatic hydroxyl groups excluding tert-OH is 1. The molecule has 1 heterocycles. The van der Waals surface area contributed by atoms with E-state index in [4.69, 9.17) is 21.1 Å². The van der Waals surface area contributed by atoms with Gasteiger partial charge in [-0.15, -0.1) is 0 Å². The van der Waals surface area contributed by atoms with E-state index in [-0.39, 0.29) is 16.2 Å². The molecule has 1 saturated heterocycles. The van der Waals surface area contributed by atoms with E-state index in [0.29, 0.717) is 28.5 Å². The van der Waals surface area contributed by atoms with Crippen molar-refractivity contribution >= 4 is 34.7 Å². The minimum Gasteiger partial charge on any atom is -0.507 e. The van der Waals surface area contributed by atoms with Gasteiger partial charge in [0.25, 0.3) is 11.7 Å². The van der Waals surface area contributed by atoms with Crippen LogP contribution >= 0.6 is 11.6 Å². The highest BCUT2D eigenvalue weighted by Crippen LogP contribution is 2.43. The number of aliphatic hydroxyl groups is 1. The molecule has 190 valence electrons. The van der Waals surface area contributed by atoms with E-state index in [9.17, 15) is 19.1 Å². The Kier molecular flexibility index (Phi) is 6.85. The third-order valence-corrected chi connectivity index (χ3v) is 6.42. The Labute approximate surface area is 223 Å². The summed E-state index contributed by atoms with van der Waals surface area (Å²) in [7, 11) is 1.46. The third-order valence-electron chi connectivity index (χ3n) is 6.13. The molecule has 0 radical (unpaired) electrons. The maximum absolute atomic E-state index is 13.7. The van der Waals surface area contributed by atoms with Crippen molar-refractivity contribution in [1.29, 1.82) is 0 Å². The van der Waals surface area contributed by atoms with Crippen LogP contribution in [-0.2, 0) is 9.59 Å². The molecule has 5 rings (SSSR count). The Morgan fingerprint density at radius 2 is 1.61 bits per heavy atom. The summed E-state index contributed by atoms with van der Waals surface area (Å²) in [5.74, 6) is -1.20. The van der Waals surface area contributed by atoms with Crippen molar-refractivity contribution < 1.29 is 28.6 Å². The monoisotopic (exact) mass is 529 g/mol. The number of carbonyl (C=O) groups excluding carboxylic acids is 2. The SMILES string of the molecule is COc1ccc(/C(O)=C2\C(=O)C(=O)N(c3ccc(F)cc3)C2c2cccc(Oc3ccccc3)c2)cc1Cl. The number of hydrogen-bond acceptors (Lipinski definition) is 5. The molecule has 1 fully saturated rings. The van der Waals surface area contributed by atoms with Crippen molar-refractivity contribution in [2.24, 2.45) is 0 Å². The van der Waals surface area contributed by atoms with E-state index < -0.39 is 29.3 Å². The smallest absolute Gasteiger partial charge is 0.300 e. The van der Waals surface area contributed by atoms with E-state index in [1.165, 1.54) is 48.4 Å². The Morgan fingerprint density at radius 3 is 2.29 bits per heavy atom. The molecule has 1 unspecified atom stereocenters. The second-order valence-electron chi connectivity index (χ2n) is 8.48. The number of benzene rings is 4. The molecule has 1 N–H and O–H groups in total. The van der Waals surface area contributed by atoms with E-state index in [0.717, 1.165) is 0 Å². The van der Waals surface area contributed by atoms with Crippen LogP contribution in [-0.4, -0.2) is 23.9 Å². The van der Waals surface area contributed by atoms with Crippen LogP contribution in [0.3, 0.4) is 0 Å². The molecule has 1 amide bonds. The molecule has 4 aromatic rings. The highest BCUT2D eigenvalue weighted by Gasteiger charge is 2.47. The van der Waals surface area contributed by atoms with Crippen LogP contribution in [0.25, 0.3) is 5.76 Å². The predicted octanol–water partition coefficient (Wildman–Crippen LogP) is 6.91. The van der Waals surface area contributed by atoms with Gasteiger partial charge in [-0.25, -0.2) is 4.39 Å². The van der Waals surface area contributed by atoms with Crippen molar-refractivity contribution in [3.8, 4) is 17.2 Å². The van der Waals surface area contributed by atoms with Gasteiger partial charge in [-0.1, -0.05) is 41.9 Å². The zero-order valence-corrected chi connectivity index (χ0v) is 20.9. The number of methoxy groups -OCH3 is 1. The van der Waals surface area contributed by atoms with Gasteiger partial charge in [0.1, 0.15) is 28.8 Å². The van der Waals surface area contributed by atoms with Gasteiger partial charge < -0.3 is 14.6 Å². The highest BCUT2D eigenvalue weighted by atomic mass is 35.5. The number of amides is 1. The lowest BCUT2D eigenvalue weighted by molar-refractivity contribution is -0.132. The number of halogens is 2. The zero-order chi connectivity index (χ0) is 26.8. The van der Waals surface area contributed by atoms with Crippen molar-refractivity contribution in [1.82, 2.24) is 0 Å². The Morgan fingerprint density at radius 1 is 0.895 bits per heavy atom. The van der Waals surface area contributed by atoms with Crippen LogP contribution in [0.2, 0.25) is 5.02 Å². The molecule has 0 aromatic heterocycles. The predicted molar refractivity (Wildman–Crippen MR) is 142 cm³/mol. The number of nitrogens with zero attached hydrogens (tertiary/aromatic N) is 1. The molecule has 0 aliphatic carbocycles. The summed E-state index contributed by atoms with van der Waals surface area (Å²) < 4.78 is 24.8. The van der Waals surface area contributed by atoms with E-state index >= 15 is 0 Å². The lowest BCUT2D eigenvalue weighted by Crippen LogP contribution is -2.29. The zero-order valence-electron chi connectivity index (χ0n) is 20.1. The quantitative estimate of drug-likeness (QED) is 0.167. The van der Waals surface area contributed by atoms with Crippen LogP contribution < -0.4 is 14.4 Å². The van der Waals surface area contributed by atoms with Gasteiger partial charge in [-0.2, -0.15) is 0 Å². The molecule has 1 atom stereocenters. The van der Waals surface area contributed by atoms with Crippen molar-refractivity contribution in [2.45, 2.75) is 6.04 Å². The Bertz CT molecular complexity index is 1550. The summed E-state index contributed by atoms with van der Waals surface area (Å²) in [6.45, 7) is 0. The molecule has 8 heteroatoms. The first-order valence-corrected chi connectivity index (χ1v) is 12.0. The fourth-order valence-electron chi connectivity index (χ4n) is 4.36. The maximum atomic E-state index is 13.7. The summed E-state index contributed by atoms with van der Waals surface area (Å²) >= 11 is 6.26. The summed E-state index contributed by atoms with van der Waals surface area (Å²) in [5.41, 5.74) is 0.884. The summed E-state index contributed by atoms with van der Waals surface area (Å²) in [4.78, 5) is 27.9. The van der Waals surface area contributed by atoms with Crippen molar-refractivity contribution in [3.63, 3.8) is 0 Å². The molecule has 1 aliphatic heterocycles. The number of anilines is 1. The Hall–Kier alpha value is -4.62. The lowest BCUT2D eigenvalue weighted by atomic mass is 9.95. The molecule has 38 heavy (non-hydrogen) atoms. The van der Waals surface area contributed by atoms with E-state index in [2.05, 4.69) is 0 Å². The van der Waals surface area contributed by atoms with Gasteiger partial charge in [0, 0.05) is 11.3 Å². The number of rotatable bonds is 6. The normalized spacial score (nSPS) is 16.5. The van der Waals surface area contributed by atoms with Crippen molar-refractivity contribution in [3.05, 3.63) is 125 Å². The molecule has 0 bridgehead atoms. The number of Topliss-reactive ketones (excluding diaryl/α,β-unsaturated/α-hetero) is 1. The van der Waals surface area contributed by atoms with Gasteiger partial charge in [0.2, 0.25) is 0 Å². The number of carbonyl (C=O) groups is 2. The fourth-order valence-corrected chi connectivity index (χ4v) is 4.62. The maximum Gasteiger partial charge on any atom is 0.300 e. The Balaban J connectivity index is 1.67. The first-order valence-electron chi connectivity index (χ1n) is 11.6. The van der Waals surface area contributed by atoms with E-state index in [1.807, 2.05) is 18.2 Å². The number of ketones is 1. The van der Waals surface area contributed by atoms with Crippen LogP contribution in [0.15, 0.2) is 103 Å². The van der Waals surface area contributed by atoms with Crippen LogP contribution in [0.5, 0.6) is 17.2 Å². The molecule has 4 aromatic carbocycles. The van der Waals surface area contributed by atoms with E-state index in [1.54, 1.807) is 42.5 Å². The number of hydrogen-bond donors (Lipinski definition) is 1. The lowest BCUT2D eigenvalue weighted by Gasteiger charge is -2.26. The minimum atomic E-state index is -1.03. The van der Waals surface area contributed by atoms with Crippen LogP contribution in [0, 0.1) is 5.82 Å². The molecular weight excluding hydrogens is 509 g/mol. The van der Waals surface area contributed by atoms with Gasteiger partial charge in [-0.3, -0.25) is 14.5 Å². The molecule has 0 spiro atoms. The van der Waals surface area contributed by atoms with Crippen LogP contribution in [0.1, 0.15) is 17.2 Å². The first-order chi connectivity index (χ1) is 18.4. The van der Waals surface area contributed by atoms with Crippen molar-refractivity contribution in [2.75, 3.05) is 12.0 Å². The highest BCUT2D eigenvalue weighted by molar-refractivity contribution is 6.51. The fraction of sp³-hybridized carbons (Fsp3) is 0.0667. The number of ether oxygens (including phenoxy) is 2. The summed E-state index contributed by atoms with van der Waals surface area (Å²) in [6, 6.07) is 24.7. The topological polar surface area (TPSA) is 76.1 Å². The second kappa shape index (κ2) is 10.4. The second-order valence-corrected chi connectivity index (χ2v) is 8.89. The molecule has 0 saturated carbocycles. The summed E-state index contributed by atoms with van der Waals surface area (Å²) in [6.07, 6.45) is 0. The number of para-hydroxylation sites is 1. The first kappa shape index (κ1) is 25.0. The average molecular weight is 530 g/mol. The standard InChI is InChI=1S/C30H21ClFNO5/c1-37-25-15-10-19(17-24(25)31)28(34)26-27(33(30(36)29(26)35)21-13-11-20(32)12-14-21)18-6-5-9-23(16-18)38-22-7-3-2-4-8-22/h2-17,27,34H,1H3/b28-26+.